The average molecular weight is 459 g/mol. The molecule has 0 saturated carbocycles. The van der Waals surface area contributed by atoms with Gasteiger partial charge in [-0.15, -0.1) is 0 Å². The second-order valence-electron chi connectivity index (χ2n) is 8.66. The number of aryl methyl sites for hydroxylation is 1. The van der Waals surface area contributed by atoms with Crippen LogP contribution in [-0.4, -0.2) is 41.5 Å². The lowest BCUT2D eigenvalue weighted by molar-refractivity contribution is 0.364. The summed E-state index contributed by atoms with van der Waals surface area (Å²) in [5.74, 6) is 0.365. The van der Waals surface area contributed by atoms with Crippen LogP contribution in [0.1, 0.15) is 23.1 Å². The Bertz CT molecular complexity index is 1380. The fourth-order valence-corrected chi connectivity index (χ4v) is 4.69. The molecule has 1 saturated heterocycles. The molecule has 1 unspecified atom stereocenters. The van der Waals surface area contributed by atoms with Crippen LogP contribution in [0.25, 0.3) is 33.3 Å². The summed E-state index contributed by atoms with van der Waals surface area (Å²) < 4.78 is 28.8. The van der Waals surface area contributed by atoms with E-state index in [1.807, 2.05) is 43.1 Å². The maximum Gasteiger partial charge on any atom is 0.131 e. The van der Waals surface area contributed by atoms with Gasteiger partial charge < -0.3 is 10.2 Å². The summed E-state index contributed by atoms with van der Waals surface area (Å²) in [6, 6.07) is 12.9. The second kappa shape index (κ2) is 8.84. The number of hydrogen-bond donors (Lipinski definition) is 2. The fraction of sp³-hybridized carbons (Fsp3) is 0.269. The average Bonchev–Trinajstić information content (AvgIpc) is 3.44. The highest BCUT2D eigenvalue weighted by Crippen LogP contribution is 2.36. The standard InChI is InChI=1S/C26H24F2N6/c1-15-7-16(12-30-2)8-22(28)25(15)20-10-21-23(9-18(20)11-29)32-33-26(21)17-3-4-24(31-13-17)34-6-5-19(27)14-34/h3-4,7-10,13,19,30H,5-6,12,14H2,1-2H3,(H,32,33). The first-order valence-corrected chi connectivity index (χ1v) is 11.2. The van der Waals surface area contributed by atoms with Crippen molar-refractivity contribution in [1.82, 2.24) is 20.5 Å². The van der Waals surface area contributed by atoms with Crippen molar-refractivity contribution in [3.05, 3.63) is 65.1 Å². The van der Waals surface area contributed by atoms with Crippen molar-refractivity contribution in [2.45, 2.75) is 26.1 Å². The molecule has 5 rings (SSSR count). The zero-order valence-corrected chi connectivity index (χ0v) is 19.0. The van der Waals surface area contributed by atoms with Crippen molar-refractivity contribution in [1.29, 1.82) is 5.26 Å². The van der Waals surface area contributed by atoms with Gasteiger partial charge in [0.15, 0.2) is 0 Å². The van der Waals surface area contributed by atoms with Gasteiger partial charge in [0, 0.05) is 41.4 Å². The number of hydrogen-bond acceptors (Lipinski definition) is 5. The van der Waals surface area contributed by atoms with Crippen molar-refractivity contribution in [3.8, 4) is 28.5 Å². The van der Waals surface area contributed by atoms with Crippen LogP contribution in [0.3, 0.4) is 0 Å². The van der Waals surface area contributed by atoms with Gasteiger partial charge in [-0.2, -0.15) is 10.4 Å². The van der Waals surface area contributed by atoms with Gasteiger partial charge in [-0.25, -0.2) is 13.8 Å². The predicted octanol–water partition coefficient (Wildman–Crippen LogP) is 4.88. The summed E-state index contributed by atoms with van der Waals surface area (Å²) in [4.78, 5) is 6.44. The van der Waals surface area contributed by atoms with E-state index in [0.29, 0.717) is 54.0 Å². The SMILES string of the molecule is CNCc1cc(C)c(-c2cc3c(-c4ccc(N5CCC(F)C5)nc4)n[nH]c3cc2C#N)c(F)c1. The molecule has 2 N–H and O–H groups in total. The Hall–Kier alpha value is -3.83. The van der Waals surface area contributed by atoms with Crippen LogP contribution < -0.4 is 10.2 Å². The molecular weight excluding hydrogens is 434 g/mol. The highest BCUT2D eigenvalue weighted by atomic mass is 19.1. The molecular formula is C26H24F2N6. The molecule has 1 aliphatic rings. The number of alkyl halides is 1. The van der Waals surface area contributed by atoms with Crippen LogP contribution in [0.15, 0.2) is 42.6 Å². The van der Waals surface area contributed by atoms with E-state index in [2.05, 4.69) is 26.6 Å². The van der Waals surface area contributed by atoms with E-state index in [0.717, 1.165) is 27.9 Å². The molecule has 34 heavy (non-hydrogen) atoms. The van der Waals surface area contributed by atoms with E-state index in [1.165, 1.54) is 6.07 Å². The first-order chi connectivity index (χ1) is 16.5. The van der Waals surface area contributed by atoms with Crippen LogP contribution in [0.5, 0.6) is 0 Å². The second-order valence-corrected chi connectivity index (χ2v) is 8.66. The molecule has 0 bridgehead atoms. The maximum absolute atomic E-state index is 15.2. The van der Waals surface area contributed by atoms with Crippen molar-refractivity contribution in [3.63, 3.8) is 0 Å². The number of nitrogens with zero attached hydrogens (tertiary/aromatic N) is 4. The summed E-state index contributed by atoms with van der Waals surface area (Å²) in [5, 5.41) is 21.0. The van der Waals surface area contributed by atoms with Crippen LogP contribution in [0.2, 0.25) is 0 Å². The van der Waals surface area contributed by atoms with E-state index in [1.54, 1.807) is 12.3 Å². The summed E-state index contributed by atoms with van der Waals surface area (Å²) in [7, 11) is 1.81. The normalized spacial score (nSPS) is 15.7. The summed E-state index contributed by atoms with van der Waals surface area (Å²) >= 11 is 0. The number of rotatable bonds is 5. The van der Waals surface area contributed by atoms with Gasteiger partial charge >= 0.3 is 0 Å². The van der Waals surface area contributed by atoms with E-state index >= 15 is 4.39 Å². The molecule has 3 heterocycles. The molecule has 0 aliphatic carbocycles. The van der Waals surface area contributed by atoms with Gasteiger partial charge in [-0.05, 0) is 61.9 Å². The molecule has 4 aromatic rings. The molecule has 2 aromatic carbocycles. The third-order valence-electron chi connectivity index (χ3n) is 6.29. The number of halogens is 2. The summed E-state index contributed by atoms with van der Waals surface area (Å²) in [6.45, 7) is 3.41. The van der Waals surface area contributed by atoms with E-state index in [4.69, 9.17) is 0 Å². The van der Waals surface area contributed by atoms with Gasteiger partial charge in [-0.1, -0.05) is 6.07 Å². The third kappa shape index (κ3) is 3.88. The van der Waals surface area contributed by atoms with Gasteiger partial charge in [0.1, 0.15) is 23.5 Å². The number of nitrogens with one attached hydrogen (secondary N) is 2. The Kier molecular flexibility index (Phi) is 5.72. The quantitative estimate of drug-likeness (QED) is 0.446. The predicted molar refractivity (Wildman–Crippen MR) is 129 cm³/mol. The lowest BCUT2D eigenvalue weighted by atomic mass is 9.92. The largest absolute Gasteiger partial charge is 0.354 e. The van der Waals surface area contributed by atoms with E-state index in [-0.39, 0.29) is 5.82 Å². The van der Waals surface area contributed by atoms with Gasteiger partial charge in [0.25, 0.3) is 0 Å². The maximum atomic E-state index is 15.2. The Labute approximate surface area is 196 Å². The summed E-state index contributed by atoms with van der Waals surface area (Å²) in [6.07, 6.45) is 1.41. The van der Waals surface area contributed by atoms with Crippen molar-refractivity contribution >= 4 is 16.7 Å². The minimum absolute atomic E-state index is 0.357. The minimum Gasteiger partial charge on any atom is -0.354 e. The van der Waals surface area contributed by atoms with Gasteiger partial charge in [-0.3, -0.25) is 5.10 Å². The smallest absolute Gasteiger partial charge is 0.131 e. The molecule has 0 amide bonds. The zero-order chi connectivity index (χ0) is 23.8. The number of aromatic amines is 1. The molecule has 6 nitrogen and oxygen atoms in total. The Balaban J connectivity index is 1.58. The first-order valence-electron chi connectivity index (χ1n) is 11.2. The zero-order valence-electron chi connectivity index (χ0n) is 19.0. The van der Waals surface area contributed by atoms with Crippen LogP contribution >= 0.6 is 0 Å². The van der Waals surface area contributed by atoms with E-state index < -0.39 is 6.17 Å². The van der Waals surface area contributed by atoms with Crippen molar-refractivity contribution in [2.24, 2.45) is 0 Å². The van der Waals surface area contributed by atoms with Crippen LogP contribution in [0, 0.1) is 24.1 Å². The molecule has 1 atom stereocenters. The number of nitriles is 1. The molecule has 1 aliphatic heterocycles. The highest BCUT2D eigenvalue weighted by Gasteiger charge is 2.23. The molecule has 172 valence electrons. The molecule has 1 fully saturated rings. The number of fused-ring (bicyclic) bond motifs is 1. The van der Waals surface area contributed by atoms with Crippen molar-refractivity contribution in [2.75, 3.05) is 25.0 Å². The Morgan fingerprint density at radius 1 is 1.26 bits per heavy atom. The first kappa shape index (κ1) is 22.0. The number of pyridine rings is 1. The highest BCUT2D eigenvalue weighted by molar-refractivity contribution is 5.97. The summed E-state index contributed by atoms with van der Waals surface area (Å²) in [5.41, 5.74) is 5.03. The van der Waals surface area contributed by atoms with E-state index in [9.17, 15) is 9.65 Å². The Morgan fingerprint density at radius 3 is 2.76 bits per heavy atom. The number of anilines is 1. The van der Waals surface area contributed by atoms with Crippen molar-refractivity contribution < 1.29 is 8.78 Å². The van der Waals surface area contributed by atoms with Crippen LogP contribution in [0.4, 0.5) is 14.6 Å². The molecule has 8 heteroatoms. The molecule has 2 aromatic heterocycles. The monoisotopic (exact) mass is 458 g/mol. The number of aromatic nitrogens is 3. The number of H-pyrrole nitrogens is 1. The van der Waals surface area contributed by atoms with Gasteiger partial charge in [0.05, 0.1) is 23.7 Å². The Morgan fingerprint density at radius 2 is 2.12 bits per heavy atom. The number of benzene rings is 2. The van der Waals surface area contributed by atoms with Gasteiger partial charge in [0.2, 0.25) is 0 Å². The molecule has 0 radical (unpaired) electrons. The fourth-order valence-electron chi connectivity index (χ4n) is 4.69. The topological polar surface area (TPSA) is 80.6 Å². The molecule has 0 spiro atoms. The minimum atomic E-state index is -0.819. The lowest BCUT2D eigenvalue weighted by Crippen LogP contribution is -2.20. The lowest BCUT2D eigenvalue weighted by Gasteiger charge is -2.16. The van der Waals surface area contributed by atoms with Crippen LogP contribution in [-0.2, 0) is 6.54 Å². The third-order valence-corrected chi connectivity index (χ3v) is 6.29.